The van der Waals surface area contributed by atoms with Crippen LogP contribution in [0.15, 0.2) is 23.9 Å². The molecule has 9 heavy (non-hydrogen) atoms. The molecule has 0 aromatic heterocycles. The number of hydrogen-bond acceptors (Lipinski definition) is 2. The van der Waals surface area contributed by atoms with Gasteiger partial charge in [0.05, 0.1) is 6.61 Å². The van der Waals surface area contributed by atoms with Crippen molar-refractivity contribution in [1.82, 2.24) is 4.90 Å². The van der Waals surface area contributed by atoms with Crippen LogP contribution >= 0.6 is 0 Å². The van der Waals surface area contributed by atoms with Crippen molar-refractivity contribution in [2.45, 2.75) is 5.54 Å². The van der Waals surface area contributed by atoms with E-state index in [2.05, 4.69) is 23.1 Å². The molecule has 3 aliphatic rings. The number of rotatable bonds is 0. The number of nitrogens with zero attached hydrogens (tertiary/aromatic N) is 1. The van der Waals surface area contributed by atoms with Gasteiger partial charge < -0.3 is 9.64 Å². The molecule has 1 aliphatic carbocycles. The Morgan fingerprint density at radius 2 is 2.67 bits per heavy atom. The van der Waals surface area contributed by atoms with Gasteiger partial charge in [0.2, 0.25) is 0 Å². The highest BCUT2D eigenvalue weighted by molar-refractivity contribution is 5.53. The van der Waals surface area contributed by atoms with Gasteiger partial charge >= 0.3 is 0 Å². The average Bonchev–Trinajstić information content (AvgIpc) is 2.40. The minimum atomic E-state index is 0.264. The van der Waals surface area contributed by atoms with Gasteiger partial charge in [-0.15, -0.1) is 0 Å². The summed E-state index contributed by atoms with van der Waals surface area (Å²) in [7, 11) is 0. The van der Waals surface area contributed by atoms with Crippen molar-refractivity contribution in [3.05, 3.63) is 23.9 Å². The Balaban J connectivity index is 2.15. The summed E-state index contributed by atoms with van der Waals surface area (Å²) in [6.07, 6.45) is 6.50. The maximum Gasteiger partial charge on any atom is 0.124 e. The predicted molar refractivity (Wildman–Crippen MR) is 32.6 cm³/mol. The average molecular weight is 121 g/mol. The summed E-state index contributed by atoms with van der Waals surface area (Å²) in [5.74, 6) is 0. The third kappa shape index (κ3) is 0.268. The minimum Gasteiger partial charge on any atom is -0.358 e. The first kappa shape index (κ1) is 4.12. The highest BCUT2D eigenvalue weighted by Gasteiger charge is 2.61. The standard InChI is InChI=1S/C7H7NO/c1-2-6-7(3-1)4-9-5-8(6)7/h1-3H,4-5H2. The van der Waals surface area contributed by atoms with Crippen LogP contribution in [0.4, 0.5) is 0 Å². The van der Waals surface area contributed by atoms with Gasteiger partial charge in [0.15, 0.2) is 0 Å². The highest BCUT2D eigenvalue weighted by atomic mass is 16.5. The molecule has 1 atom stereocenters. The summed E-state index contributed by atoms with van der Waals surface area (Å²) < 4.78 is 5.24. The molecule has 0 radical (unpaired) electrons. The highest BCUT2D eigenvalue weighted by Crippen LogP contribution is 2.52. The fourth-order valence-corrected chi connectivity index (χ4v) is 1.75. The summed E-state index contributed by atoms with van der Waals surface area (Å²) in [4.78, 5) is 2.28. The summed E-state index contributed by atoms with van der Waals surface area (Å²) in [5, 5.41) is 0. The van der Waals surface area contributed by atoms with Gasteiger partial charge in [0.1, 0.15) is 12.3 Å². The monoisotopic (exact) mass is 121 g/mol. The minimum absolute atomic E-state index is 0.264. The number of hydrogen-bond donors (Lipinski definition) is 0. The maximum absolute atomic E-state index is 5.24. The van der Waals surface area contributed by atoms with E-state index >= 15 is 0 Å². The third-order valence-corrected chi connectivity index (χ3v) is 2.33. The lowest BCUT2D eigenvalue weighted by Gasteiger charge is -1.94. The first-order chi connectivity index (χ1) is 4.43. The molecule has 2 saturated heterocycles. The zero-order chi connectivity index (χ0) is 5.90. The molecule has 1 unspecified atom stereocenters. The summed E-state index contributed by atoms with van der Waals surface area (Å²) in [5.41, 5.74) is 1.72. The Morgan fingerprint density at radius 1 is 1.67 bits per heavy atom. The first-order valence-corrected chi connectivity index (χ1v) is 3.19. The van der Waals surface area contributed by atoms with Crippen LogP contribution in [-0.2, 0) is 4.74 Å². The Bertz CT molecular complexity index is 231. The lowest BCUT2D eigenvalue weighted by Crippen LogP contribution is -2.10. The summed E-state index contributed by atoms with van der Waals surface area (Å²) in [6.45, 7) is 1.67. The van der Waals surface area contributed by atoms with Crippen LogP contribution in [0.25, 0.3) is 0 Å². The van der Waals surface area contributed by atoms with E-state index in [1.807, 2.05) is 0 Å². The molecule has 0 aromatic rings. The normalized spacial score (nSPS) is 42.7. The SMILES string of the molecule is C1=CC23COCN2C3=C1. The largest absolute Gasteiger partial charge is 0.358 e. The maximum atomic E-state index is 5.24. The third-order valence-electron chi connectivity index (χ3n) is 2.33. The zero-order valence-corrected chi connectivity index (χ0v) is 5.00. The quantitative estimate of drug-likeness (QED) is 0.432. The van der Waals surface area contributed by atoms with Gasteiger partial charge in [0.25, 0.3) is 0 Å². The molecule has 2 nitrogen and oxygen atoms in total. The molecule has 2 fully saturated rings. The molecule has 0 amide bonds. The van der Waals surface area contributed by atoms with Gasteiger partial charge in [-0.1, -0.05) is 12.2 Å². The van der Waals surface area contributed by atoms with Crippen molar-refractivity contribution in [1.29, 1.82) is 0 Å². The van der Waals surface area contributed by atoms with E-state index < -0.39 is 0 Å². The van der Waals surface area contributed by atoms with Gasteiger partial charge in [-0.3, -0.25) is 0 Å². The van der Waals surface area contributed by atoms with Gasteiger partial charge in [-0.2, -0.15) is 0 Å². The van der Waals surface area contributed by atoms with Crippen molar-refractivity contribution in [2.24, 2.45) is 0 Å². The van der Waals surface area contributed by atoms with Gasteiger partial charge in [-0.05, 0) is 6.08 Å². The van der Waals surface area contributed by atoms with Crippen LogP contribution < -0.4 is 0 Å². The van der Waals surface area contributed by atoms with Crippen LogP contribution in [0.3, 0.4) is 0 Å². The van der Waals surface area contributed by atoms with Crippen LogP contribution in [0.1, 0.15) is 0 Å². The van der Waals surface area contributed by atoms with Crippen LogP contribution in [0.2, 0.25) is 0 Å². The molecule has 0 aromatic carbocycles. The fourth-order valence-electron chi connectivity index (χ4n) is 1.75. The smallest absolute Gasteiger partial charge is 0.124 e. The number of ether oxygens (including phenoxy) is 1. The lowest BCUT2D eigenvalue weighted by atomic mass is 10.2. The van der Waals surface area contributed by atoms with E-state index in [0.29, 0.717) is 0 Å². The van der Waals surface area contributed by atoms with E-state index in [1.165, 1.54) is 5.70 Å². The molecule has 0 bridgehead atoms. The van der Waals surface area contributed by atoms with E-state index in [1.54, 1.807) is 0 Å². The van der Waals surface area contributed by atoms with Gasteiger partial charge in [-0.25, -0.2) is 0 Å². The van der Waals surface area contributed by atoms with E-state index in [4.69, 9.17) is 4.74 Å². The second kappa shape index (κ2) is 0.948. The second-order valence-corrected chi connectivity index (χ2v) is 2.74. The predicted octanol–water partition coefficient (Wildman–Crippen LogP) is 0.482. The summed E-state index contributed by atoms with van der Waals surface area (Å²) in [6, 6.07) is 0. The second-order valence-electron chi connectivity index (χ2n) is 2.74. The van der Waals surface area contributed by atoms with Gasteiger partial charge in [0, 0.05) is 5.70 Å². The van der Waals surface area contributed by atoms with Crippen molar-refractivity contribution in [3.8, 4) is 0 Å². The van der Waals surface area contributed by atoms with Crippen LogP contribution in [0.5, 0.6) is 0 Å². The molecule has 46 valence electrons. The van der Waals surface area contributed by atoms with Crippen molar-refractivity contribution >= 4 is 0 Å². The molecular formula is C7H7NO. The van der Waals surface area contributed by atoms with Crippen molar-refractivity contribution in [2.75, 3.05) is 13.3 Å². The Kier molecular flexibility index (Phi) is 0.434. The Morgan fingerprint density at radius 3 is 3.44 bits per heavy atom. The molecule has 0 N–H and O–H groups in total. The van der Waals surface area contributed by atoms with E-state index in [0.717, 1.165) is 13.3 Å². The molecular weight excluding hydrogens is 114 g/mol. The van der Waals surface area contributed by atoms with Crippen LogP contribution in [-0.4, -0.2) is 23.8 Å². The fraction of sp³-hybridized carbons (Fsp3) is 0.429. The van der Waals surface area contributed by atoms with E-state index in [-0.39, 0.29) is 5.54 Å². The van der Waals surface area contributed by atoms with Crippen LogP contribution in [0, 0.1) is 0 Å². The van der Waals surface area contributed by atoms with Crippen molar-refractivity contribution in [3.63, 3.8) is 0 Å². The van der Waals surface area contributed by atoms with Crippen molar-refractivity contribution < 1.29 is 4.74 Å². The van der Waals surface area contributed by atoms with E-state index in [9.17, 15) is 0 Å². The lowest BCUT2D eigenvalue weighted by molar-refractivity contribution is 0.154. The number of allylic oxidation sites excluding steroid dienone is 2. The molecule has 2 heterocycles. The zero-order valence-electron chi connectivity index (χ0n) is 5.00. The Labute approximate surface area is 53.4 Å². The summed E-state index contributed by atoms with van der Waals surface area (Å²) >= 11 is 0. The first-order valence-electron chi connectivity index (χ1n) is 3.19. The molecule has 0 saturated carbocycles. The molecule has 1 spiro atoms. The molecule has 2 heteroatoms. The molecule has 2 aliphatic heterocycles. The topological polar surface area (TPSA) is 12.2 Å². The Hall–Kier alpha value is -0.760. The number of fused-ring (bicyclic) bond motifs is 1. The molecule has 3 rings (SSSR count).